The summed E-state index contributed by atoms with van der Waals surface area (Å²) in [5.74, 6) is 1.68. The maximum Gasteiger partial charge on any atom is 0.178 e. The number of benzene rings is 2. The summed E-state index contributed by atoms with van der Waals surface area (Å²) in [6, 6.07) is 6.71. The van der Waals surface area contributed by atoms with E-state index in [9.17, 15) is 9.90 Å². The molecule has 0 fully saturated rings. The number of ether oxygens (including phenoxy) is 4. The summed E-state index contributed by atoms with van der Waals surface area (Å²) in [5, 5.41) is 10.4. The lowest BCUT2D eigenvalue weighted by Crippen LogP contribution is -2.43. The zero-order valence-electron chi connectivity index (χ0n) is 16.9. The maximum atomic E-state index is 13.5. The number of allylic oxidation sites excluding steroid dienone is 2. The molecule has 0 bridgehead atoms. The van der Waals surface area contributed by atoms with E-state index in [1.165, 1.54) is 0 Å². The van der Waals surface area contributed by atoms with E-state index in [0.717, 1.165) is 5.57 Å². The van der Waals surface area contributed by atoms with Crippen LogP contribution in [0.5, 0.6) is 28.7 Å². The number of ketones is 1. The van der Waals surface area contributed by atoms with Gasteiger partial charge < -0.3 is 24.1 Å². The van der Waals surface area contributed by atoms with Crippen LogP contribution in [0.25, 0.3) is 0 Å². The number of phenolic OH excluding ortho intramolecular Hbond substituents is 1. The molecule has 6 heteroatoms. The van der Waals surface area contributed by atoms with Crippen molar-refractivity contribution >= 4 is 5.78 Å². The molecule has 152 valence electrons. The van der Waals surface area contributed by atoms with Crippen LogP contribution in [0.3, 0.4) is 0 Å². The van der Waals surface area contributed by atoms with Crippen LogP contribution >= 0.6 is 0 Å². The smallest absolute Gasteiger partial charge is 0.178 e. The summed E-state index contributed by atoms with van der Waals surface area (Å²) >= 11 is 0. The van der Waals surface area contributed by atoms with Crippen LogP contribution < -0.4 is 18.9 Å². The molecule has 1 unspecified atom stereocenters. The van der Waals surface area contributed by atoms with Crippen LogP contribution in [0.2, 0.25) is 0 Å². The average molecular weight is 396 g/mol. The summed E-state index contributed by atoms with van der Waals surface area (Å²) in [7, 11) is 3.11. The van der Waals surface area contributed by atoms with Gasteiger partial charge in [-0.05, 0) is 38.5 Å². The summed E-state index contributed by atoms with van der Waals surface area (Å²) in [6.07, 6.45) is 2.01. The van der Waals surface area contributed by atoms with E-state index in [-0.39, 0.29) is 18.1 Å². The summed E-state index contributed by atoms with van der Waals surface area (Å²) in [6.45, 7) is 4.21. The quantitative estimate of drug-likeness (QED) is 0.787. The minimum absolute atomic E-state index is 0.0496. The second-order valence-electron chi connectivity index (χ2n) is 7.48. The fourth-order valence-corrected chi connectivity index (χ4v) is 3.89. The topological polar surface area (TPSA) is 74.2 Å². The molecule has 2 heterocycles. The van der Waals surface area contributed by atoms with Gasteiger partial charge in [0.1, 0.15) is 30.0 Å². The normalized spacial score (nSPS) is 19.1. The highest BCUT2D eigenvalue weighted by Gasteiger charge is 2.44. The fourth-order valence-electron chi connectivity index (χ4n) is 3.89. The zero-order chi connectivity index (χ0) is 20.7. The van der Waals surface area contributed by atoms with Crippen molar-refractivity contribution in [1.29, 1.82) is 0 Å². The molecule has 2 atom stereocenters. The van der Waals surface area contributed by atoms with Gasteiger partial charge in [0.25, 0.3) is 0 Å². The van der Waals surface area contributed by atoms with Gasteiger partial charge in [0.2, 0.25) is 0 Å². The SMILES string of the molecule is COc1cc2c(cc1OC)C1C(=O)c3ccc(O)c(CC=C(C)C)c3O[C@@H]1CO2. The molecule has 6 nitrogen and oxygen atoms in total. The van der Waals surface area contributed by atoms with Crippen molar-refractivity contribution < 1.29 is 28.8 Å². The molecule has 0 aromatic heterocycles. The maximum absolute atomic E-state index is 13.5. The van der Waals surface area contributed by atoms with Crippen LogP contribution in [-0.2, 0) is 6.42 Å². The highest BCUT2D eigenvalue weighted by molar-refractivity contribution is 6.05. The standard InChI is InChI=1S/C23H24O6/c1-12(2)5-6-13-16(24)8-7-14-22(25)21-15-9-18(26-3)19(27-4)10-17(15)28-11-20(21)29-23(13)14/h5,7-10,20-21,24H,6,11H2,1-4H3/t20-,21?/m1/s1. The number of fused-ring (bicyclic) bond motifs is 4. The minimum atomic E-state index is -0.507. The van der Waals surface area contributed by atoms with E-state index >= 15 is 0 Å². The van der Waals surface area contributed by atoms with Crippen LogP contribution in [-0.4, -0.2) is 37.8 Å². The Kier molecular flexibility index (Phi) is 4.86. The van der Waals surface area contributed by atoms with Crippen LogP contribution in [0.15, 0.2) is 35.9 Å². The molecule has 2 aromatic rings. The largest absolute Gasteiger partial charge is 0.508 e. The van der Waals surface area contributed by atoms with Gasteiger partial charge in [-0.2, -0.15) is 0 Å². The molecule has 0 radical (unpaired) electrons. The number of methoxy groups -OCH3 is 2. The van der Waals surface area contributed by atoms with Crippen molar-refractivity contribution in [2.45, 2.75) is 32.3 Å². The molecule has 0 saturated carbocycles. The number of hydrogen-bond acceptors (Lipinski definition) is 6. The van der Waals surface area contributed by atoms with Gasteiger partial charge in [-0.15, -0.1) is 0 Å². The number of rotatable bonds is 4. The predicted octanol–water partition coefficient (Wildman–Crippen LogP) is 4.04. The predicted molar refractivity (Wildman–Crippen MR) is 108 cm³/mol. The Bertz CT molecular complexity index is 1000. The molecule has 1 N–H and O–H groups in total. The number of phenols is 1. The Morgan fingerprint density at radius 3 is 2.62 bits per heavy atom. The first kappa shape index (κ1) is 19.2. The van der Waals surface area contributed by atoms with E-state index in [4.69, 9.17) is 18.9 Å². The molecule has 0 saturated heterocycles. The van der Waals surface area contributed by atoms with Crippen LogP contribution in [0.4, 0.5) is 0 Å². The van der Waals surface area contributed by atoms with Crippen molar-refractivity contribution in [3.05, 3.63) is 52.6 Å². The molecular weight excluding hydrogens is 372 g/mol. The van der Waals surface area contributed by atoms with Gasteiger partial charge in [0, 0.05) is 17.2 Å². The molecule has 0 amide bonds. The van der Waals surface area contributed by atoms with E-state index in [2.05, 4.69) is 0 Å². The molecule has 0 aliphatic carbocycles. The first-order chi connectivity index (χ1) is 13.9. The number of carbonyl (C=O) groups excluding carboxylic acids is 1. The van der Waals surface area contributed by atoms with Crippen molar-refractivity contribution in [2.75, 3.05) is 20.8 Å². The molecule has 2 aromatic carbocycles. The third-order valence-corrected chi connectivity index (χ3v) is 5.39. The Morgan fingerprint density at radius 1 is 1.21 bits per heavy atom. The molecule has 2 aliphatic heterocycles. The second-order valence-corrected chi connectivity index (χ2v) is 7.48. The molecular formula is C23H24O6. The number of carbonyl (C=O) groups is 1. The molecule has 29 heavy (non-hydrogen) atoms. The number of hydrogen-bond donors (Lipinski definition) is 1. The number of Topliss-reactive ketones (excluding diaryl/α,β-unsaturated/α-hetero) is 1. The summed E-state index contributed by atoms with van der Waals surface area (Å²) in [4.78, 5) is 13.5. The van der Waals surface area contributed by atoms with E-state index in [0.29, 0.717) is 46.1 Å². The molecule has 4 rings (SSSR count). The van der Waals surface area contributed by atoms with Gasteiger partial charge in [0.05, 0.1) is 25.7 Å². The van der Waals surface area contributed by atoms with Gasteiger partial charge >= 0.3 is 0 Å². The Hall–Kier alpha value is -3.15. The molecule has 0 spiro atoms. The average Bonchev–Trinajstić information content (AvgIpc) is 2.71. The highest BCUT2D eigenvalue weighted by Crippen LogP contribution is 2.48. The lowest BCUT2D eigenvalue weighted by atomic mass is 9.81. The Labute approximate surface area is 169 Å². The second kappa shape index (κ2) is 7.35. The van der Waals surface area contributed by atoms with E-state index < -0.39 is 12.0 Å². The summed E-state index contributed by atoms with van der Waals surface area (Å²) in [5.41, 5.74) is 2.93. The Balaban J connectivity index is 1.80. The van der Waals surface area contributed by atoms with Gasteiger partial charge in [0.15, 0.2) is 17.3 Å². The third-order valence-electron chi connectivity index (χ3n) is 5.39. The lowest BCUT2D eigenvalue weighted by molar-refractivity contribution is 0.0553. The highest BCUT2D eigenvalue weighted by atomic mass is 16.5. The molecule has 2 aliphatic rings. The van der Waals surface area contributed by atoms with Gasteiger partial charge in [-0.25, -0.2) is 0 Å². The monoisotopic (exact) mass is 396 g/mol. The van der Waals surface area contributed by atoms with Crippen molar-refractivity contribution in [3.8, 4) is 28.7 Å². The third kappa shape index (κ3) is 3.18. The van der Waals surface area contributed by atoms with Crippen molar-refractivity contribution in [3.63, 3.8) is 0 Å². The zero-order valence-corrected chi connectivity index (χ0v) is 16.9. The van der Waals surface area contributed by atoms with Crippen LogP contribution in [0, 0.1) is 0 Å². The van der Waals surface area contributed by atoms with Crippen LogP contribution in [0.1, 0.15) is 41.3 Å². The van der Waals surface area contributed by atoms with Crippen molar-refractivity contribution in [1.82, 2.24) is 0 Å². The summed E-state index contributed by atoms with van der Waals surface area (Å²) < 4.78 is 22.9. The minimum Gasteiger partial charge on any atom is -0.508 e. The lowest BCUT2D eigenvalue weighted by Gasteiger charge is -2.38. The first-order valence-electron chi connectivity index (χ1n) is 9.52. The van der Waals surface area contributed by atoms with Gasteiger partial charge in [-0.3, -0.25) is 4.79 Å². The first-order valence-corrected chi connectivity index (χ1v) is 9.52. The van der Waals surface area contributed by atoms with E-state index in [1.54, 1.807) is 38.5 Å². The fraction of sp³-hybridized carbons (Fsp3) is 0.348. The Morgan fingerprint density at radius 2 is 1.93 bits per heavy atom. The van der Waals surface area contributed by atoms with Gasteiger partial charge in [-0.1, -0.05) is 11.6 Å². The number of aromatic hydroxyl groups is 1. The van der Waals surface area contributed by atoms with E-state index in [1.807, 2.05) is 19.9 Å². The van der Waals surface area contributed by atoms with Crippen molar-refractivity contribution in [2.24, 2.45) is 0 Å².